The molecule has 5 nitrogen and oxygen atoms in total. The molecule has 0 saturated carbocycles. The van der Waals surface area contributed by atoms with E-state index in [1.54, 1.807) is 0 Å². The van der Waals surface area contributed by atoms with Crippen molar-refractivity contribution in [2.75, 3.05) is 18.0 Å². The smallest absolute Gasteiger partial charge is 0.261 e. The minimum Gasteiger partial charge on any atom is -0.366 e. The molecule has 0 aliphatic carbocycles. The topological polar surface area (TPSA) is 58.1 Å². The fraction of sp³-hybridized carbons (Fsp3) is 0.500. The Morgan fingerprint density at radius 1 is 1.06 bits per heavy atom. The zero-order valence-corrected chi connectivity index (χ0v) is 21.9. The molecule has 1 amide bonds. The first-order valence-electron chi connectivity index (χ1n) is 11.6. The molecular weight excluding hydrogens is 416 g/mol. The molecule has 0 radical (unpaired) electrons. The number of fused-ring (bicyclic) bond motifs is 1. The van der Waals surface area contributed by atoms with E-state index >= 15 is 0 Å². The van der Waals surface area contributed by atoms with Gasteiger partial charge in [0.25, 0.3) is 5.91 Å². The molecule has 174 valence electrons. The van der Waals surface area contributed by atoms with Crippen molar-refractivity contribution in [3.05, 3.63) is 52.3 Å². The summed E-state index contributed by atoms with van der Waals surface area (Å²) in [5, 5.41) is 4.22. The molecule has 1 saturated heterocycles. The standard InChI is InChI=1S/C22H26N4OS.2C2H6/c1-13-9-24-21-17(14(13)2)8-18(28-21)20(27)25-15-11-26(12-15)16-6-7-19(23-10-16)22(3,4)5;2*1-2/h6-10,15H,11-12H2,1-5H3,(H,25,27);2*1-2H3. The highest BCUT2D eigenvalue weighted by Crippen LogP contribution is 2.29. The Hall–Kier alpha value is -2.47. The maximum absolute atomic E-state index is 12.7. The van der Waals surface area contributed by atoms with Crippen LogP contribution in [0.15, 0.2) is 30.6 Å². The largest absolute Gasteiger partial charge is 0.366 e. The number of carbonyl (C=O) groups excluding carboxylic acids is 1. The molecule has 4 heterocycles. The number of aryl methyl sites for hydroxylation is 2. The first-order chi connectivity index (χ1) is 15.2. The lowest BCUT2D eigenvalue weighted by atomic mass is 9.91. The van der Waals surface area contributed by atoms with E-state index < -0.39 is 0 Å². The molecule has 0 aromatic carbocycles. The van der Waals surface area contributed by atoms with Crippen LogP contribution in [0.4, 0.5) is 5.69 Å². The molecule has 3 aromatic heterocycles. The predicted molar refractivity (Wildman–Crippen MR) is 138 cm³/mol. The Morgan fingerprint density at radius 3 is 2.28 bits per heavy atom. The average molecular weight is 455 g/mol. The van der Waals surface area contributed by atoms with Gasteiger partial charge in [0.15, 0.2) is 0 Å². The average Bonchev–Trinajstić information content (AvgIpc) is 3.21. The van der Waals surface area contributed by atoms with E-state index in [1.807, 2.05) is 53.1 Å². The van der Waals surface area contributed by atoms with E-state index in [2.05, 4.69) is 60.0 Å². The zero-order valence-electron chi connectivity index (χ0n) is 21.0. The van der Waals surface area contributed by atoms with Crippen LogP contribution in [0.2, 0.25) is 0 Å². The molecule has 0 atom stereocenters. The number of nitrogens with zero attached hydrogens (tertiary/aromatic N) is 3. The molecule has 1 fully saturated rings. The summed E-state index contributed by atoms with van der Waals surface area (Å²) >= 11 is 1.46. The highest BCUT2D eigenvalue weighted by molar-refractivity contribution is 7.20. The van der Waals surface area contributed by atoms with Crippen molar-refractivity contribution in [3.63, 3.8) is 0 Å². The van der Waals surface area contributed by atoms with Crippen molar-refractivity contribution >= 4 is 33.1 Å². The summed E-state index contributed by atoms with van der Waals surface area (Å²) in [4.78, 5) is 25.6. The maximum Gasteiger partial charge on any atom is 0.261 e. The van der Waals surface area contributed by atoms with E-state index in [-0.39, 0.29) is 17.4 Å². The van der Waals surface area contributed by atoms with Crippen molar-refractivity contribution in [1.29, 1.82) is 0 Å². The number of hydrogen-bond acceptors (Lipinski definition) is 5. The molecule has 6 heteroatoms. The molecule has 0 bridgehead atoms. The minimum absolute atomic E-state index is 0.00842. The quantitative estimate of drug-likeness (QED) is 0.506. The highest BCUT2D eigenvalue weighted by atomic mass is 32.1. The number of hydrogen-bond donors (Lipinski definition) is 1. The second kappa shape index (κ2) is 10.9. The highest BCUT2D eigenvalue weighted by Gasteiger charge is 2.29. The Kier molecular flexibility index (Phi) is 8.79. The van der Waals surface area contributed by atoms with Gasteiger partial charge in [-0.05, 0) is 43.2 Å². The van der Waals surface area contributed by atoms with Crippen LogP contribution in [0, 0.1) is 13.8 Å². The fourth-order valence-electron chi connectivity index (χ4n) is 3.38. The number of amides is 1. The normalized spacial score (nSPS) is 13.5. The number of nitrogens with one attached hydrogen (secondary N) is 1. The lowest BCUT2D eigenvalue weighted by Crippen LogP contribution is -2.59. The lowest BCUT2D eigenvalue weighted by Gasteiger charge is -2.41. The molecule has 1 N–H and O–H groups in total. The van der Waals surface area contributed by atoms with Gasteiger partial charge in [0.1, 0.15) is 4.83 Å². The van der Waals surface area contributed by atoms with Gasteiger partial charge in [-0.1, -0.05) is 48.5 Å². The van der Waals surface area contributed by atoms with Crippen LogP contribution >= 0.6 is 11.3 Å². The van der Waals surface area contributed by atoms with Crippen LogP contribution in [0.3, 0.4) is 0 Å². The third kappa shape index (κ3) is 5.66. The molecule has 1 aliphatic heterocycles. The van der Waals surface area contributed by atoms with Gasteiger partial charge in [-0.2, -0.15) is 0 Å². The molecule has 32 heavy (non-hydrogen) atoms. The van der Waals surface area contributed by atoms with Crippen LogP contribution < -0.4 is 10.2 Å². The van der Waals surface area contributed by atoms with Crippen molar-refractivity contribution in [2.45, 2.75) is 73.8 Å². The van der Waals surface area contributed by atoms with E-state index in [0.717, 1.165) is 45.1 Å². The number of aromatic nitrogens is 2. The van der Waals surface area contributed by atoms with Gasteiger partial charge >= 0.3 is 0 Å². The Bertz CT molecular complexity index is 1030. The third-order valence-corrected chi connectivity index (χ3v) is 6.45. The summed E-state index contributed by atoms with van der Waals surface area (Å²) in [6.07, 6.45) is 3.81. The first-order valence-corrected chi connectivity index (χ1v) is 12.4. The van der Waals surface area contributed by atoms with Gasteiger partial charge in [-0.3, -0.25) is 9.78 Å². The molecule has 1 aliphatic rings. The molecular formula is C26H38N4OS. The summed E-state index contributed by atoms with van der Waals surface area (Å²) in [6, 6.07) is 6.34. The first kappa shape index (κ1) is 25.8. The number of thiophene rings is 1. The SMILES string of the molecule is CC.CC.Cc1cnc2sc(C(=O)NC3CN(c4ccc(C(C)(C)C)nc4)C3)cc2c1C. The summed E-state index contributed by atoms with van der Waals surface area (Å²) < 4.78 is 0. The van der Waals surface area contributed by atoms with Crippen molar-refractivity contribution in [3.8, 4) is 0 Å². The van der Waals surface area contributed by atoms with E-state index in [0.29, 0.717) is 0 Å². The summed E-state index contributed by atoms with van der Waals surface area (Å²) in [5.74, 6) is -0.00842. The number of carbonyl (C=O) groups is 1. The maximum atomic E-state index is 12.7. The van der Waals surface area contributed by atoms with Crippen LogP contribution in [-0.4, -0.2) is 35.0 Å². The van der Waals surface area contributed by atoms with Crippen LogP contribution in [-0.2, 0) is 5.41 Å². The van der Waals surface area contributed by atoms with E-state index in [1.165, 1.54) is 16.9 Å². The van der Waals surface area contributed by atoms with E-state index in [9.17, 15) is 4.79 Å². The summed E-state index contributed by atoms with van der Waals surface area (Å²) in [7, 11) is 0. The van der Waals surface area contributed by atoms with Gasteiger partial charge in [0.05, 0.1) is 22.8 Å². The van der Waals surface area contributed by atoms with Gasteiger partial charge in [-0.15, -0.1) is 11.3 Å². The van der Waals surface area contributed by atoms with Crippen molar-refractivity contribution in [1.82, 2.24) is 15.3 Å². The fourth-order valence-corrected chi connectivity index (χ4v) is 4.34. The molecule has 3 aromatic rings. The monoisotopic (exact) mass is 454 g/mol. The van der Waals surface area contributed by atoms with E-state index in [4.69, 9.17) is 0 Å². The molecule has 0 unspecified atom stereocenters. The number of pyridine rings is 2. The van der Waals surface area contributed by atoms with Gasteiger partial charge in [-0.25, -0.2) is 4.98 Å². The van der Waals surface area contributed by atoms with Gasteiger partial charge in [0, 0.05) is 35.8 Å². The van der Waals surface area contributed by atoms with Crippen LogP contribution in [0.25, 0.3) is 10.2 Å². The zero-order chi connectivity index (χ0) is 24.1. The van der Waals surface area contributed by atoms with Crippen molar-refractivity contribution < 1.29 is 4.79 Å². The Labute approximate surface area is 197 Å². The summed E-state index contributed by atoms with van der Waals surface area (Å²) in [6.45, 7) is 20.2. The predicted octanol–water partition coefficient (Wildman–Crippen LogP) is 6.28. The Balaban J connectivity index is 0.000000860. The van der Waals surface area contributed by atoms with Crippen molar-refractivity contribution in [2.24, 2.45) is 0 Å². The second-order valence-corrected chi connectivity index (χ2v) is 9.65. The molecule has 0 spiro atoms. The van der Waals surface area contributed by atoms with Crippen LogP contribution in [0.1, 0.15) is 75.0 Å². The number of rotatable bonds is 3. The van der Waals surface area contributed by atoms with Crippen LogP contribution in [0.5, 0.6) is 0 Å². The Morgan fingerprint density at radius 2 is 1.72 bits per heavy atom. The molecule has 4 rings (SSSR count). The second-order valence-electron chi connectivity index (χ2n) is 8.62. The minimum atomic E-state index is -0.00842. The van der Waals surface area contributed by atoms with Gasteiger partial charge in [0.2, 0.25) is 0 Å². The lowest BCUT2D eigenvalue weighted by molar-refractivity contribution is 0.0934. The summed E-state index contributed by atoms with van der Waals surface area (Å²) in [5.41, 5.74) is 4.60. The number of anilines is 1. The van der Waals surface area contributed by atoms with Gasteiger partial charge < -0.3 is 10.2 Å². The third-order valence-electron chi connectivity index (χ3n) is 5.41.